The van der Waals surface area contributed by atoms with E-state index in [4.69, 9.17) is 35.3 Å². The zero-order valence-corrected chi connectivity index (χ0v) is 18.6. The second-order valence-corrected chi connectivity index (χ2v) is 7.14. The second-order valence-electron chi connectivity index (χ2n) is 6.77. The third kappa shape index (κ3) is 4.18. The first kappa shape index (κ1) is 22.8. The highest BCUT2D eigenvalue weighted by Gasteiger charge is 2.50. The monoisotopic (exact) mass is 451 g/mol. The van der Waals surface area contributed by atoms with Crippen LogP contribution >= 0.6 is 11.6 Å². The van der Waals surface area contributed by atoms with Crippen LogP contribution < -0.4 is 28.6 Å². The third-order valence-corrected chi connectivity index (χ3v) is 5.37. The Morgan fingerprint density at radius 2 is 1.65 bits per heavy atom. The molecule has 9 heteroatoms. The summed E-state index contributed by atoms with van der Waals surface area (Å²) in [7, 11) is 6.09. The zero-order valence-electron chi connectivity index (χ0n) is 17.9. The summed E-state index contributed by atoms with van der Waals surface area (Å²) in [5, 5.41) is 9.90. The van der Waals surface area contributed by atoms with Crippen molar-refractivity contribution < 1.29 is 33.6 Å². The molecule has 0 aliphatic carbocycles. The van der Waals surface area contributed by atoms with Crippen molar-refractivity contribution in [1.82, 2.24) is 0 Å². The van der Waals surface area contributed by atoms with Crippen molar-refractivity contribution in [3.8, 4) is 28.7 Å². The average Bonchev–Trinajstić information content (AvgIpc) is 2.80. The van der Waals surface area contributed by atoms with Crippen LogP contribution in [0.15, 0.2) is 30.3 Å². The Balaban J connectivity index is 2.10. The van der Waals surface area contributed by atoms with Crippen LogP contribution in [0.4, 0.5) is 5.69 Å². The lowest BCUT2D eigenvalue weighted by atomic mass is 9.81. The van der Waals surface area contributed by atoms with Gasteiger partial charge in [-0.3, -0.25) is 4.79 Å². The van der Waals surface area contributed by atoms with Crippen molar-refractivity contribution in [2.45, 2.75) is 6.04 Å². The highest BCUT2D eigenvalue weighted by Crippen LogP contribution is 2.50. The van der Waals surface area contributed by atoms with Gasteiger partial charge in [0.15, 0.2) is 11.5 Å². The van der Waals surface area contributed by atoms with Crippen LogP contribution in [0.25, 0.3) is 0 Å². The van der Waals surface area contributed by atoms with Gasteiger partial charge in [-0.25, -0.2) is 0 Å². The maximum atomic E-state index is 12.9. The molecule has 2 atom stereocenters. The van der Waals surface area contributed by atoms with Crippen molar-refractivity contribution in [3.63, 3.8) is 0 Å². The Labute approximate surface area is 186 Å². The standard InChI is InChI=1S/C22H26ClNO7/c1-27-14-5-6-15(17(11-14)31-8-7-23)20-16(12-25)22(26)24(20)13-9-18(28-2)21(30-4)19(10-13)29-3/h5-6,9-11,16,20,25H,7-8,12H2,1-4H3/t16-,20+/m1/s1. The highest BCUT2D eigenvalue weighted by atomic mass is 35.5. The summed E-state index contributed by atoms with van der Waals surface area (Å²) in [4.78, 5) is 14.5. The number of anilines is 1. The van der Waals surface area contributed by atoms with Crippen LogP contribution in [0.1, 0.15) is 11.6 Å². The number of benzene rings is 2. The molecule has 1 fully saturated rings. The lowest BCUT2D eigenvalue weighted by molar-refractivity contribution is -0.132. The van der Waals surface area contributed by atoms with Crippen molar-refractivity contribution in [2.24, 2.45) is 5.92 Å². The molecule has 31 heavy (non-hydrogen) atoms. The minimum atomic E-state index is -0.620. The predicted molar refractivity (Wildman–Crippen MR) is 116 cm³/mol. The second kappa shape index (κ2) is 9.98. The maximum Gasteiger partial charge on any atom is 0.235 e. The van der Waals surface area contributed by atoms with E-state index in [2.05, 4.69) is 0 Å². The van der Waals surface area contributed by atoms with E-state index in [1.54, 1.807) is 36.3 Å². The summed E-state index contributed by atoms with van der Waals surface area (Å²) in [5.74, 6) is 1.88. The van der Waals surface area contributed by atoms with E-state index >= 15 is 0 Å². The number of rotatable bonds is 10. The summed E-state index contributed by atoms with van der Waals surface area (Å²) >= 11 is 5.80. The zero-order chi connectivity index (χ0) is 22.5. The fourth-order valence-electron chi connectivity index (χ4n) is 3.74. The topological polar surface area (TPSA) is 86.7 Å². The quantitative estimate of drug-likeness (QED) is 0.439. The number of hydrogen-bond donors (Lipinski definition) is 1. The van der Waals surface area contributed by atoms with Gasteiger partial charge in [-0.05, 0) is 12.1 Å². The van der Waals surface area contributed by atoms with Crippen LogP contribution in [0.2, 0.25) is 0 Å². The van der Waals surface area contributed by atoms with Crippen molar-refractivity contribution in [1.29, 1.82) is 0 Å². The first-order valence-electron chi connectivity index (χ1n) is 9.65. The van der Waals surface area contributed by atoms with E-state index in [0.717, 1.165) is 5.56 Å². The van der Waals surface area contributed by atoms with Gasteiger partial charge >= 0.3 is 0 Å². The molecule has 0 unspecified atom stereocenters. The Hall–Kier alpha value is -2.84. The molecule has 0 saturated carbocycles. The van der Waals surface area contributed by atoms with Gasteiger partial charge < -0.3 is 33.7 Å². The molecule has 1 amide bonds. The molecule has 1 heterocycles. The van der Waals surface area contributed by atoms with Gasteiger partial charge in [-0.15, -0.1) is 11.6 Å². The SMILES string of the molecule is COc1ccc([C@H]2[C@@H](CO)C(=O)N2c2cc(OC)c(OC)c(OC)c2)c(OCCCl)c1. The van der Waals surface area contributed by atoms with Gasteiger partial charge in [0.1, 0.15) is 18.1 Å². The number of carbonyl (C=O) groups excluding carboxylic acids is 1. The third-order valence-electron chi connectivity index (χ3n) is 5.21. The number of hydrogen-bond acceptors (Lipinski definition) is 7. The molecule has 2 aromatic carbocycles. The van der Waals surface area contributed by atoms with Crippen molar-refractivity contribution in [2.75, 3.05) is 52.4 Å². The van der Waals surface area contributed by atoms with Gasteiger partial charge in [-0.2, -0.15) is 0 Å². The van der Waals surface area contributed by atoms with Gasteiger partial charge in [0.2, 0.25) is 11.7 Å². The average molecular weight is 452 g/mol. The molecule has 1 saturated heterocycles. The number of alkyl halides is 1. The Bertz CT molecular complexity index is 911. The Morgan fingerprint density at radius 3 is 2.16 bits per heavy atom. The minimum Gasteiger partial charge on any atom is -0.497 e. The molecule has 0 aromatic heterocycles. The summed E-state index contributed by atoms with van der Waals surface area (Å²) in [5.41, 5.74) is 1.28. The predicted octanol–water partition coefficient (Wildman–Crippen LogP) is 3.04. The van der Waals surface area contributed by atoms with Crippen LogP contribution in [0.5, 0.6) is 28.7 Å². The number of methoxy groups -OCH3 is 4. The number of aliphatic hydroxyl groups excluding tert-OH is 1. The van der Waals surface area contributed by atoms with Crippen molar-refractivity contribution >= 4 is 23.2 Å². The van der Waals surface area contributed by atoms with Gasteiger partial charge in [-0.1, -0.05) is 0 Å². The highest BCUT2D eigenvalue weighted by molar-refractivity contribution is 6.18. The molecule has 1 N–H and O–H groups in total. The molecule has 0 spiro atoms. The number of carbonyl (C=O) groups is 1. The fraction of sp³-hybridized carbons (Fsp3) is 0.409. The number of halogens is 1. The lowest BCUT2D eigenvalue weighted by Crippen LogP contribution is -2.56. The first-order chi connectivity index (χ1) is 15.0. The van der Waals surface area contributed by atoms with E-state index in [1.165, 1.54) is 21.3 Å². The number of aliphatic hydroxyl groups is 1. The lowest BCUT2D eigenvalue weighted by Gasteiger charge is -2.47. The van der Waals surface area contributed by atoms with E-state index in [0.29, 0.717) is 40.3 Å². The van der Waals surface area contributed by atoms with E-state index in [9.17, 15) is 9.90 Å². The molecule has 168 valence electrons. The van der Waals surface area contributed by atoms with E-state index < -0.39 is 12.0 Å². The molecule has 3 rings (SSSR count). The van der Waals surface area contributed by atoms with Gasteiger partial charge in [0.05, 0.1) is 58.6 Å². The normalized spacial score (nSPS) is 17.7. The summed E-state index contributed by atoms with van der Waals surface area (Å²) in [6, 6.07) is 8.29. The molecule has 1 aliphatic heterocycles. The van der Waals surface area contributed by atoms with Crippen LogP contribution in [-0.4, -0.2) is 58.5 Å². The van der Waals surface area contributed by atoms with E-state index in [1.807, 2.05) is 6.07 Å². The number of ether oxygens (including phenoxy) is 5. The largest absolute Gasteiger partial charge is 0.497 e. The molecular weight excluding hydrogens is 426 g/mol. The van der Waals surface area contributed by atoms with Gasteiger partial charge in [0.25, 0.3) is 0 Å². The van der Waals surface area contributed by atoms with Crippen LogP contribution in [0, 0.1) is 5.92 Å². The summed E-state index contributed by atoms with van der Waals surface area (Å²) in [6.07, 6.45) is 0. The van der Waals surface area contributed by atoms with Crippen molar-refractivity contribution in [3.05, 3.63) is 35.9 Å². The summed E-state index contributed by atoms with van der Waals surface area (Å²) < 4.78 is 27.4. The number of β-lactam (4-membered cyclic amide) rings is 1. The molecule has 2 aromatic rings. The summed E-state index contributed by atoms with van der Waals surface area (Å²) in [6.45, 7) is -0.0121. The molecule has 8 nitrogen and oxygen atoms in total. The Morgan fingerprint density at radius 1 is 0.968 bits per heavy atom. The molecular formula is C22H26ClNO7. The molecule has 0 radical (unpaired) electrons. The Kier molecular flexibility index (Phi) is 7.35. The minimum absolute atomic E-state index is 0.221. The molecule has 0 bridgehead atoms. The fourth-order valence-corrected chi connectivity index (χ4v) is 3.81. The van der Waals surface area contributed by atoms with Crippen LogP contribution in [-0.2, 0) is 4.79 Å². The number of amides is 1. The molecule has 1 aliphatic rings. The number of nitrogens with zero attached hydrogens (tertiary/aromatic N) is 1. The van der Waals surface area contributed by atoms with E-state index in [-0.39, 0.29) is 19.1 Å². The van der Waals surface area contributed by atoms with Crippen LogP contribution in [0.3, 0.4) is 0 Å². The van der Waals surface area contributed by atoms with Gasteiger partial charge in [0, 0.05) is 23.8 Å². The maximum absolute atomic E-state index is 12.9. The first-order valence-corrected chi connectivity index (χ1v) is 10.2. The smallest absolute Gasteiger partial charge is 0.235 e.